The third kappa shape index (κ3) is 2.72. The molecule has 0 fully saturated rings. The summed E-state index contributed by atoms with van der Waals surface area (Å²) < 4.78 is 5.18. The molecule has 0 bridgehead atoms. The van der Waals surface area contributed by atoms with Crippen molar-refractivity contribution >= 4 is 23.4 Å². The van der Waals surface area contributed by atoms with Gasteiger partial charge in [0.05, 0.1) is 7.11 Å². The highest BCUT2D eigenvalue weighted by Gasteiger charge is 2.25. The van der Waals surface area contributed by atoms with Gasteiger partial charge in [-0.2, -0.15) is 0 Å². The van der Waals surface area contributed by atoms with E-state index >= 15 is 0 Å². The maximum absolute atomic E-state index is 6.30. The molecular weight excluding hydrogens is 298 g/mol. The molecule has 2 aromatic rings. The van der Waals surface area contributed by atoms with Crippen LogP contribution in [0.1, 0.15) is 16.7 Å². The van der Waals surface area contributed by atoms with Gasteiger partial charge in [-0.25, -0.2) is 0 Å². The minimum atomic E-state index is 0.753. The molecule has 1 aliphatic carbocycles. The minimum Gasteiger partial charge on any atom is -0.497 e. The molecule has 0 heterocycles. The van der Waals surface area contributed by atoms with Crippen LogP contribution in [0.25, 0.3) is 6.08 Å². The summed E-state index contributed by atoms with van der Waals surface area (Å²) in [5, 5.41) is 4.95. The quantitative estimate of drug-likeness (QED) is 0.789. The average Bonchev–Trinajstić information content (AvgIpc) is 2.88. The second kappa shape index (κ2) is 6.24. The largest absolute Gasteiger partial charge is 0.497 e. The number of methoxy groups -OCH3 is 1. The molecular formula is C18H16ClNO2. The van der Waals surface area contributed by atoms with Crippen molar-refractivity contribution in [3.05, 3.63) is 69.8 Å². The van der Waals surface area contributed by atoms with Gasteiger partial charge in [0, 0.05) is 17.0 Å². The normalized spacial score (nSPS) is 16.9. The molecule has 3 nitrogen and oxygen atoms in total. The third-order valence-electron chi connectivity index (χ3n) is 3.68. The van der Waals surface area contributed by atoms with Crippen molar-refractivity contribution in [3.8, 4) is 5.75 Å². The molecule has 22 heavy (non-hydrogen) atoms. The van der Waals surface area contributed by atoms with Crippen molar-refractivity contribution in [2.24, 2.45) is 5.16 Å². The van der Waals surface area contributed by atoms with E-state index < -0.39 is 0 Å². The molecule has 0 radical (unpaired) electrons. The van der Waals surface area contributed by atoms with E-state index in [4.69, 9.17) is 21.2 Å². The van der Waals surface area contributed by atoms with Crippen LogP contribution < -0.4 is 4.74 Å². The molecule has 0 aliphatic heterocycles. The van der Waals surface area contributed by atoms with E-state index in [9.17, 15) is 0 Å². The lowest BCUT2D eigenvalue weighted by atomic mass is 10.1. The number of oxime groups is 1. The number of allylic oxidation sites excluding steroid dienone is 1. The van der Waals surface area contributed by atoms with Crippen LogP contribution in [0.4, 0.5) is 0 Å². The third-order valence-corrected chi connectivity index (χ3v) is 4.04. The monoisotopic (exact) mass is 313 g/mol. The smallest absolute Gasteiger partial charge is 0.118 e. The van der Waals surface area contributed by atoms with E-state index in [1.165, 1.54) is 0 Å². The summed E-state index contributed by atoms with van der Waals surface area (Å²) in [5.74, 6) is 0.839. The van der Waals surface area contributed by atoms with Gasteiger partial charge >= 0.3 is 0 Å². The Bertz CT molecular complexity index is 748. The van der Waals surface area contributed by atoms with Crippen molar-refractivity contribution in [2.45, 2.75) is 6.42 Å². The summed E-state index contributed by atoms with van der Waals surface area (Å²) in [6, 6.07) is 13.8. The highest BCUT2D eigenvalue weighted by molar-refractivity contribution is 6.33. The molecule has 4 heteroatoms. The summed E-state index contributed by atoms with van der Waals surface area (Å²) in [6.07, 6.45) is 2.86. The van der Waals surface area contributed by atoms with Crippen LogP contribution in [-0.2, 0) is 11.3 Å². The van der Waals surface area contributed by atoms with Crippen LogP contribution in [0.2, 0.25) is 5.02 Å². The number of fused-ring (bicyclic) bond motifs is 1. The predicted octanol–water partition coefficient (Wildman–Crippen LogP) is 4.34. The van der Waals surface area contributed by atoms with E-state index in [-0.39, 0.29) is 0 Å². The molecule has 0 N–H and O–H groups in total. The highest BCUT2D eigenvalue weighted by atomic mass is 35.5. The SMILES string of the molecule is CON=C1/C(=C/c2ccc(OC)cc2)Cc2c(Cl)cccc21. The van der Waals surface area contributed by atoms with Gasteiger partial charge in [-0.1, -0.05) is 41.0 Å². The van der Waals surface area contributed by atoms with E-state index in [2.05, 4.69) is 11.2 Å². The van der Waals surface area contributed by atoms with Crippen LogP contribution in [0, 0.1) is 0 Å². The lowest BCUT2D eigenvalue weighted by molar-refractivity contribution is 0.214. The zero-order valence-electron chi connectivity index (χ0n) is 12.5. The lowest BCUT2D eigenvalue weighted by Gasteiger charge is -2.03. The first-order valence-corrected chi connectivity index (χ1v) is 7.34. The number of halogens is 1. The van der Waals surface area contributed by atoms with Gasteiger partial charge < -0.3 is 9.57 Å². The number of ether oxygens (including phenoxy) is 1. The Hall–Kier alpha value is -2.26. The lowest BCUT2D eigenvalue weighted by Crippen LogP contribution is -1.99. The van der Waals surface area contributed by atoms with Gasteiger partial charge in [0.25, 0.3) is 0 Å². The standard InChI is InChI=1S/C18H16ClNO2/c1-21-14-8-6-12(7-9-14)10-13-11-16-15(18(13)20-22-2)4-3-5-17(16)19/h3-10H,11H2,1-2H3/b13-10+,20-18?. The Labute approximate surface area is 134 Å². The molecule has 0 amide bonds. The highest BCUT2D eigenvalue weighted by Crippen LogP contribution is 2.33. The molecule has 0 saturated heterocycles. The molecule has 0 saturated carbocycles. The Morgan fingerprint density at radius 2 is 1.86 bits per heavy atom. The zero-order chi connectivity index (χ0) is 15.5. The molecule has 0 atom stereocenters. The zero-order valence-corrected chi connectivity index (χ0v) is 13.2. The molecule has 0 spiro atoms. The van der Waals surface area contributed by atoms with Crippen LogP contribution in [0.3, 0.4) is 0 Å². The predicted molar refractivity (Wildman–Crippen MR) is 89.7 cm³/mol. The fourth-order valence-electron chi connectivity index (χ4n) is 2.63. The fourth-order valence-corrected chi connectivity index (χ4v) is 2.87. The maximum Gasteiger partial charge on any atom is 0.118 e. The van der Waals surface area contributed by atoms with Crippen LogP contribution in [0.5, 0.6) is 5.75 Å². The summed E-state index contributed by atoms with van der Waals surface area (Å²) in [5.41, 5.74) is 5.16. The van der Waals surface area contributed by atoms with E-state index in [0.29, 0.717) is 0 Å². The van der Waals surface area contributed by atoms with Crippen molar-refractivity contribution in [1.29, 1.82) is 0 Å². The van der Waals surface area contributed by atoms with Crippen LogP contribution >= 0.6 is 11.6 Å². The van der Waals surface area contributed by atoms with Gasteiger partial charge in [0.2, 0.25) is 0 Å². The molecule has 0 unspecified atom stereocenters. The molecule has 2 aromatic carbocycles. The first kappa shape index (κ1) is 14.7. The number of hydrogen-bond donors (Lipinski definition) is 0. The summed E-state index contributed by atoms with van der Waals surface area (Å²) >= 11 is 6.30. The topological polar surface area (TPSA) is 30.8 Å². The first-order valence-electron chi connectivity index (χ1n) is 6.97. The summed E-state index contributed by atoms with van der Waals surface area (Å²) in [6.45, 7) is 0. The fraction of sp³-hybridized carbons (Fsp3) is 0.167. The number of nitrogens with zero attached hydrogens (tertiary/aromatic N) is 1. The van der Waals surface area contributed by atoms with Crippen molar-refractivity contribution in [2.75, 3.05) is 14.2 Å². The Morgan fingerprint density at radius 1 is 1.09 bits per heavy atom. The van der Waals surface area contributed by atoms with Crippen LogP contribution in [0.15, 0.2) is 53.2 Å². The molecule has 0 aromatic heterocycles. The number of hydrogen-bond acceptors (Lipinski definition) is 3. The Morgan fingerprint density at radius 3 is 2.55 bits per heavy atom. The minimum absolute atomic E-state index is 0.753. The Kier molecular flexibility index (Phi) is 4.16. The Balaban J connectivity index is 2.02. The van der Waals surface area contributed by atoms with Gasteiger partial charge in [-0.3, -0.25) is 0 Å². The van der Waals surface area contributed by atoms with Gasteiger partial charge in [-0.15, -0.1) is 0 Å². The van der Waals surface area contributed by atoms with Crippen molar-refractivity contribution in [1.82, 2.24) is 0 Å². The second-order valence-electron chi connectivity index (χ2n) is 5.01. The van der Waals surface area contributed by atoms with Crippen molar-refractivity contribution in [3.63, 3.8) is 0 Å². The molecule has 112 valence electrons. The van der Waals surface area contributed by atoms with Gasteiger partial charge in [0.15, 0.2) is 0 Å². The van der Waals surface area contributed by atoms with E-state index in [1.807, 2.05) is 42.5 Å². The molecule has 3 rings (SSSR count). The van der Waals surface area contributed by atoms with Gasteiger partial charge in [-0.05, 0) is 41.0 Å². The van der Waals surface area contributed by atoms with Crippen molar-refractivity contribution < 1.29 is 9.57 Å². The molecule has 1 aliphatic rings. The first-order chi connectivity index (χ1) is 10.7. The summed E-state index contributed by atoms with van der Waals surface area (Å²) in [7, 11) is 3.22. The number of benzene rings is 2. The van der Waals surface area contributed by atoms with E-state index in [0.717, 1.165) is 45.2 Å². The van der Waals surface area contributed by atoms with Crippen LogP contribution in [-0.4, -0.2) is 19.9 Å². The van der Waals surface area contributed by atoms with E-state index in [1.54, 1.807) is 14.2 Å². The maximum atomic E-state index is 6.30. The second-order valence-corrected chi connectivity index (χ2v) is 5.42. The average molecular weight is 314 g/mol. The summed E-state index contributed by atoms with van der Waals surface area (Å²) in [4.78, 5) is 5.01. The number of rotatable bonds is 3. The van der Waals surface area contributed by atoms with Gasteiger partial charge in [0.1, 0.15) is 18.6 Å².